The molecule has 0 saturated heterocycles. The van der Waals surface area contributed by atoms with Crippen LogP contribution in [0.15, 0.2) is 92.8 Å². The molecule has 1 unspecified atom stereocenters. The summed E-state index contributed by atoms with van der Waals surface area (Å²) in [7, 11) is 0. The highest BCUT2D eigenvalue weighted by Crippen LogP contribution is 2.32. The number of fused-ring (bicyclic) bond motifs is 1. The van der Waals surface area contributed by atoms with Crippen LogP contribution in [0.25, 0.3) is 28.2 Å². The van der Waals surface area contributed by atoms with E-state index < -0.39 is 17.4 Å². The van der Waals surface area contributed by atoms with E-state index in [1.54, 1.807) is 48.5 Å². The first-order valence-corrected chi connectivity index (χ1v) is 10.7. The summed E-state index contributed by atoms with van der Waals surface area (Å²) in [5, 5.41) is 16.7. The van der Waals surface area contributed by atoms with E-state index in [0.29, 0.717) is 16.7 Å². The Morgan fingerprint density at radius 1 is 1.11 bits per heavy atom. The number of rotatable bonds is 6. The van der Waals surface area contributed by atoms with Gasteiger partial charge in [-0.15, -0.1) is 0 Å². The van der Waals surface area contributed by atoms with Crippen LogP contribution in [-0.2, 0) is 4.79 Å². The van der Waals surface area contributed by atoms with Crippen LogP contribution < -0.4 is 15.5 Å². The Balaban J connectivity index is 1.49. The molecule has 9 nitrogen and oxygen atoms in total. The Morgan fingerprint density at radius 2 is 1.89 bits per heavy atom. The van der Waals surface area contributed by atoms with Gasteiger partial charge < -0.3 is 18.9 Å². The Morgan fingerprint density at radius 3 is 2.63 bits per heavy atom. The fraction of sp³-hybridized carbons (Fsp3) is 0.0769. The van der Waals surface area contributed by atoms with Crippen molar-refractivity contribution in [3.05, 3.63) is 95.0 Å². The molecule has 1 amide bonds. The van der Waals surface area contributed by atoms with Gasteiger partial charge in [0.15, 0.2) is 17.7 Å². The summed E-state index contributed by atoms with van der Waals surface area (Å²) >= 11 is 0. The van der Waals surface area contributed by atoms with Gasteiger partial charge in [0, 0.05) is 0 Å². The summed E-state index contributed by atoms with van der Waals surface area (Å²) < 4.78 is 18.6. The van der Waals surface area contributed by atoms with Crippen molar-refractivity contribution in [3.63, 3.8) is 0 Å². The summed E-state index contributed by atoms with van der Waals surface area (Å²) in [6.07, 6.45) is 1.68. The molecule has 3 aromatic heterocycles. The average molecular weight is 466 g/mol. The predicted octanol–water partition coefficient (Wildman–Crippen LogP) is 4.52. The number of hydrogen-bond donors (Lipinski definition) is 1. The minimum Gasteiger partial charge on any atom is -0.473 e. The Labute approximate surface area is 198 Å². The first kappa shape index (κ1) is 21.7. The maximum Gasteiger partial charge on any atom is 0.266 e. The molecule has 5 aromatic rings. The van der Waals surface area contributed by atoms with Crippen molar-refractivity contribution < 1.29 is 18.4 Å². The SMILES string of the molecule is CC(Oc1c(-c2ccco2)oc2ccccc2c1=O)C(=O)Nc1c(C#N)cnn1-c1ccccc1. The lowest BCUT2D eigenvalue weighted by Gasteiger charge is -2.17. The molecule has 172 valence electrons. The van der Waals surface area contributed by atoms with Crippen LogP contribution >= 0.6 is 0 Å². The number of para-hydroxylation sites is 2. The van der Waals surface area contributed by atoms with Crippen molar-refractivity contribution in [2.75, 3.05) is 5.32 Å². The van der Waals surface area contributed by atoms with Crippen molar-refractivity contribution in [1.82, 2.24) is 9.78 Å². The number of nitrogens with zero attached hydrogens (tertiary/aromatic N) is 3. The van der Waals surface area contributed by atoms with Gasteiger partial charge in [-0.3, -0.25) is 9.59 Å². The number of carbonyl (C=O) groups is 1. The van der Waals surface area contributed by atoms with Crippen molar-refractivity contribution in [2.24, 2.45) is 0 Å². The van der Waals surface area contributed by atoms with E-state index in [0.717, 1.165) is 0 Å². The van der Waals surface area contributed by atoms with E-state index in [1.165, 1.54) is 24.1 Å². The van der Waals surface area contributed by atoms with Crippen LogP contribution in [0.3, 0.4) is 0 Å². The molecular weight excluding hydrogens is 448 g/mol. The number of furan rings is 1. The monoisotopic (exact) mass is 466 g/mol. The largest absolute Gasteiger partial charge is 0.473 e. The molecule has 1 atom stereocenters. The second-order valence-electron chi connectivity index (χ2n) is 7.58. The van der Waals surface area contributed by atoms with Crippen LogP contribution in [-0.4, -0.2) is 21.8 Å². The fourth-order valence-corrected chi connectivity index (χ4v) is 3.57. The molecule has 0 spiro atoms. The highest BCUT2D eigenvalue weighted by Gasteiger charge is 2.25. The maximum atomic E-state index is 13.2. The van der Waals surface area contributed by atoms with Crippen molar-refractivity contribution in [2.45, 2.75) is 13.0 Å². The topological polar surface area (TPSA) is 123 Å². The molecule has 0 aliphatic carbocycles. The van der Waals surface area contributed by atoms with Crippen LogP contribution in [0.1, 0.15) is 12.5 Å². The van der Waals surface area contributed by atoms with Gasteiger partial charge in [0.2, 0.25) is 16.9 Å². The number of aromatic nitrogens is 2. The van der Waals surface area contributed by atoms with Gasteiger partial charge in [-0.05, 0) is 43.3 Å². The third-order valence-corrected chi connectivity index (χ3v) is 5.30. The van der Waals surface area contributed by atoms with E-state index in [2.05, 4.69) is 10.4 Å². The Kier molecular flexibility index (Phi) is 5.61. The number of benzene rings is 2. The molecule has 0 aliphatic rings. The molecule has 5 rings (SSSR count). The highest BCUT2D eigenvalue weighted by atomic mass is 16.5. The van der Waals surface area contributed by atoms with Crippen molar-refractivity contribution in [3.8, 4) is 29.0 Å². The highest BCUT2D eigenvalue weighted by molar-refractivity contribution is 5.95. The standard InChI is InChI=1S/C26H18N4O5/c1-16(26(32)29-25-17(14-27)15-28-30(25)18-8-3-2-4-9-18)34-24-22(31)19-10-5-6-11-20(19)35-23(24)21-12-7-13-33-21/h2-13,15-16H,1H3,(H,29,32). The lowest BCUT2D eigenvalue weighted by Crippen LogP contribution is -2.32. The number of anilines is 1. The first-order valence-electron chi connectivity index (χ1n) is 10.7. The van der Waals surface area contributed by atoms with E-state index in [-0.39, 0.29) is 28.7 Å². The number of nitrogens with one attached hydrogen (secondary N) is 1. The van der Waals surface area contributed by atoms with Crippen molar-refractivity contribution >= 4 is 22.7 Å². The second kappa shape index (κ2) is 9.03. The minimum absolute atomic E-state index is 0.0744. The molecule has 3 heterocycles. The van der Waals surface area contributed by atoms with Crippen LogP contribution in [0.5, 0.6) is 5.75 Å². The third-order valence-electron chi connectivity index (χ3n) is 5.30. The molecule has 9 heteroatoms. The molecule has 35 heavy (non-hydrogen) atoms. The molecule has 0 saturated carbocycles. The molecule has 2 aromatic carbocycles. The van der Waals surface area contributed by atoms with Crippen molar-refractivity contribution in [1.29, 1.82) is 5.26 Å². The average Bonchev–Trinajstić information content (AvgIpc) is 3.56. The van der Waals surface area contributed by atoms with Crippen LogP contribution in [0, 0.1) is 11.3 Å². The van der Waals surface area contributed by atoms with Gasteiger partial charge in [0.05, 0.1) is 23.5 Å². The number of amides is 1. The smallest absolute Gasteiger partial charge is 0.266 e. The fourth-order valence-electron chi connectivity index (χ4n) is 3.57. The number of ether oxygens (including phenoxy) is 1. The second-order valence-corrected chi connectivity index (χ2v) is 7.58. The molecule has 0 radical (unpaired) electrons. The third kappa shape index (κ3) is 4.05. The molecule has 0 fully saturated rings. The summed E-state index contributed by atoms with van der Waals surface area (Å²) in [5.74, 6) is -0.193. The summed E-state index contributed by atoms with van der Waals surface area (Å²) in [6.45, 7) is 1.49. The van der Waals surface area contributed by atoms with E-state index in [1.807, 2.05) is 24.3 Å². The summed E-state index contributed by atoms with van der Waals surface area (Å²) in [5.41, 5.74) is 0.757. The molecule has 0 aliphatic heterocycles. The van der Waals surface area contributed by atoms with Gasteiger partial charge in [-0.2, -0.15) is 10.4 Å². The zero-order valence-corrected chi connectivity index (χ0v) is 18.5. The lowest BCUT2D eigenvalue weighted by atomic mass is 10.2. The Bertz CT molecular complexity index is 1610. The zero-order chi connectivity index (χ0) is 24.4. The molecule has 0 bridgehead atoms. The van der Waals surface area contributed by atoms with E-state index >= 15 is 0 Å². The van der Waals surface area contributed by atoms with Gasteiger partial charge in [-0.1, -0.05) is 30.3 Å². The Hall–Kier alpha value is -5.10. The maximum absolute atomic E-state index is 13.2. The number of hydrogen-bond acceptors (Lipinski definition) is 7. The number of carbonyl (C=O) groups excluding carboxylic acids is 1. The normalized spacial score (nSPS) is 11.7. The number of nitriles is 1. The molecule has 1 N–H and O–H groups in total. The predicted molar refractivity (Wildman–Crippen MR) is 127 cm³/mol. The quantitative estimate of drug-likeness (QED) is 0.390. The summed E-state index contributed by atoms with van der Waals surface area (Å²) in [6, 6.07) is 21.1. The van der Waals surface area contributed by atoms with Gasteiger partial charge in [0.1, 0.15) is 17.2 Å². The van der Waals surface area contributed by atoms with Crippen LogP contribution in [0.2, 0.25) is 0 Å². The first-order chi connectivity index (χ1) is 17.1. The molecular formula is C26H18N4O5. The van der Waals surface area contributed by atoms with Gasteiger partial charge >= 0.3 is 0 Å². The summed E-state index contributed by atoms with van der Waals surface area (Å²) in [4.78, 5) is 26.3. The zero-order valence-electron chi connectivity index (χ0n) is 18.5. The van der Waals surface area contributed by atoms with Gasteiger partial charge in [0.25, 0.3) is 5.91 Å². The van der Waals surface area contributed by atoms with Crippen LogP contribution in [0.4, 0.5) is 5.82 Å². The minimum atomic E-state index is -1.13. The lowest BCUT2D eigenvalue weighted by molar-refractivity contribution is -0.122. The van der Waals surface area contributed by atoms with Gasteiger partial charge in [-0.25, -0.2) is 4.68 Å². The van der Waals surface area contributed by atoms with E-state index in [9.17, 15) is 14.9 Å². The van der Waals surface area contributed by atoms with E-state index in [4.69, 9.17) is 13.6 Å².